The maximum absolute atomic E-state index is 11.1. The van der Waals surface area contributed by atoms with E-state index in [0.29, 0.717) is 12.1 Å². The lowest BCUT2D eigenvalue weighted by molar-refractivity contribution is -0.117. The van der Waals surface area contributed by atoms with Gasteiger partial charge in [0.05, 0.1) is 8.07 Å². The van der Waals surface area contributed by atoms with Gasteiger partial charge in [-0.15, -0.1) is 12.6 Å². The Hall–Kier alpha value is 0.197. The molecule has 2 nitrogen and oxygen atoms in total. The molecule has 0 aromatic rings. The van der Waals surface area contributed by atoms with Crippen LogP contribution in [0.3, 0.4) is 0 Å². The molecule has 15 heavy (non-hydrogen) atoms. The minimum absolute atomic E-state index is 0.266. The number of carbonyl (C=O) groups is 1. The highest BCUT2D eigenvalue weighted by molar-refractivity contribution is 7.82. The van der Waals surface area contributed by atoms with Crippen molar-refractivity contribution in [1.82, 2.24) is 0 Å². The van der Waals surface area contributed by atoms with Gasteiger partial charge >= 0.3 is 0 Å². The van der Waals surface area contributed by atoms with E-state index < -0.39 is 13.0 Å². The molecular formula is C11H22O2SSi. The molecule has 0 radical (unpaired) electrons. The molecule has 4 heteroatoms. The van der Waals surface area contributed by atoms with Crippen LogP contribution in [0.2, 0.25) is 23.7 Å². The number of hydrogen-bond acceptors (Lipinski definition) is 3. The van der Waals surface area contributed by atoms with Gasteiger partial charge in [0, 0.05) is 12.1 Å². The number of ether oxygens (including phenoxy) is 1. The Morgan fingerprint density at radius 2 is 2.00 bits per heavy atom. The highest BCUT2D eigenvalue weighted by atomic mass is 32.1. The zero-order valence-corrected chi connectivity index (χ0v) is 12.2. The van der Waals surface area contributed by atoms with Gasteiger partial charge in [-0.05, 0) is 11.5 Å². The smallest absolute Gasteiger partial charge is 0.166 e. The third-order valence-corrected chi connectivity index (χ3v) is 11.3. The topological polar surface area (TPSA) is 26.3 Å². The lowest BCUT2D eigenvalue weighted by atomic mass is 10.2. The van der Waals surface area contributed by atoms with Gasteiger partial charge in [0.15, 0.2) is 11.2 Å². The monoisotopic (exact) mass is 246 g/mol. The zero-order valence-electron chi connectivity index (χ0n) is 10.3. The minimum Gasteiger partial charge on any atom is -0.357 e. The summed E-state index contributed by atoms with van der Waals surface area (Å²) >= 11 is 4.45. The lowest BCUT2D eigenvalue weighted by Gasteiger charge is -2.45. The first-order valence-electron chi connectivity index (χ1n) is 5.48. The molecule has 0 bridgehead atoms. The maximum Gasteiger partial charge on any atom is 0.166 e. The number of aldehydes is 1. The largest absolute Gasteiger partial charge is 0.357 e. The van der Waals surface area contributed by atoms with E-state index in [4.69, 9.17) is 4.74 Å². The van der Waals surface area contributed by atoms with E-state index >= 15 is 0 Å². The Labute approximate surface area is 99.2 Å². The Balaban J connectivity index is 3.02. The van der Waals surface area contributed by atoms with Gasteiger partial charge in [0.25, 0.3) is 0 Å². The number of carbonyl (C=O) groups excluding carboxylic acids is 1. The van der Waals surface area contributed by atoms with E-state index in [1.807, 2.05) is 0 Å². The second kappa shape index (κ2) is 3.89. The van der Waals surface area contributed by atoms with Crippen molar-refractivity contribution in [3.63, 3.8) is 0 Å². The highest BCUT2D eigenvalue weighted by Crippen LogP contribution is 2.53. The van der Waals surface area contributed by atoms with Gasteiger partial charge in [-0.3, -0.25) is 4.79 Å². The van der Waals surface area contributed by atoms with Crippen LogP contribution in [0.5, 0.6) is 0 Å². The molecule has 1 aliphatic rings. The molecule has 1 fully saturated rings. The first-order valence-corrected chi connectivity index (χ1v) is 9.00. The van der Waals surface area contributed by atoms with Crippen molar-refractivity contribution in [2.75, 3.05) is 6.61 Å². The first-order chi connectivity index (χ1) is 6.65. The molecule has 88 valence electrons. The van der Waals surface area contributed by atoms with E-state index in [-0.39, 0.29) is 5.04 Å². The third kappa shape index (κ3) is 2.17. The molecule has 0 aromatic heterocycles. The maximum atomic E-state index is 11.1. The molecule has 0 N–H and O–H groups in total. The summed E-state index contributed by atoms with van der Waals surface area (Å²) in [5.74, 6) is 0. The van der Waals surface area contributed by atoms with Gasteiger partial charge in [-0.25, -0.2) is 0 Å². The van der Waals surface area contributed by atoms with Crippen molar-refractivity contribution in [2.24, 2.45) is 0 Å². The van der Waals surface area contributed by atoms with Crippen LogP contribution in [0.4, 0.5) is 0 Å². The normalized spacial score (nSPS) is 33.1. The Morgan fingerprint density at radius 3 is 2.40 bits per heavy atom. The van der Waals surface area contributed by atoms with Crippen LogP contribution in [-0.2, 0) is 9.53 Å². The predicted octanol–water partition coefficient (Wildman–Crippen LogP) is 3.11. The van der Waals surface area contributed by atoms with E-state index in [0.717, 1.165) is 12.7 Å². The second-order valence-electron chi connectivity index (χ2n) is 6.03. The summed E-state index contributed by atoms with van der Waals surface area (Å²) in [7, 11) is -1.56. The number of rotatable bonds is 2. The molecule has 1 saturated heterocycles. The minimum atomic E-state index is -1.56. The van der Waals surface area contributed by atoms with Crippen LogP contribution in [0.25, 0.3) is 0 Å². The van der Waals surface area contributed by atoms with Gasteiger partial charge < -0.3 is 4.74 Å². The van der Waals surface area contributed by atoms with Gasteiger partial charge in [-0.2, -0.15) is 0 Å². The fourth-order valence-corrected chi connectivity index (χ4v) is 6.42. The molecule has 1 rings (SSSR count). The molecule has 0 aliphatic carbocycles. The van der Waals surface area contributed by atoms with Crippen molar-refractivity contribution in [3.05, 3.63) is 0 Å². The van der Waals surface area contributed by atoms with Crippen LogP contribution in [0.1, 0.15) is 27.2 Å². The molecule has 0 aromatic carbocycles. The highest BCUT2D eigenvalue weighted by Gasteiger charge is 2.54. The summed E-state index contributed by atoms with van der Waals surface area (Å²) in [5, 5.41) is 0.266. The fraction of sp³-hybridized carbons (Fsp3) is 0.909. The van der Waals surface area contributed by atoms with Crippen LogP contribution in [-0.4, -0.2) is 25.9 Å². The lowest BCUT2D eigenvalue weighted by Crippen LogP contribution is -2.49. The average Bonchev–Trinajstić information content (AvgIpc) is 2.47. The van der Waals surface area contributed by atoms with Gasteiger partial charge in [-0.1, -0.05) is 33.9 Å². The molecule has 1 aliphatic heterocycles. The van der Waals surface area contributed by atoms with E-state index in [1.54, 1.807) is 0 Å². The van der Waals surface area contributed by atoms with Crippen LogP contribution >= 0.6 is 12.6 Å². The van der Waals surface area contributed by atoms with Crippen molar-refractivity contribution >= 4 is 27.0 Å². The van der Waals surface area contributed by atoms with Crippen molar-refractivity contribution < 1.29 is 9.53 Å². The van der Waals surface area contributed by atoms with Crippen molar-refractivity contribution in [2.45, 2.75) is 55.8 Å². The first kappa shape index (κ1) is 13.3. The Kier molecular flexibility index (Phi) is 3.44. The molecule has 0 saturated carbocycles. The summed E-state index contributed by atoms with van der Waals surface area (Å²) in [5.41, 5.74) is 0.311. The van der Waals surface area contributed by atoms with E-state index in [2.05, 4.69) is 46.5 Å². The summed E-state index contributed by atoms with van der Waals surface area (Å²) < 4.78 is 5.51. The van der Waals surface area contributed by atoms with Crippen LogP contribution in [0, 0.1) is 0 Å². The van der Waals surface area contributed by atoms with Crippen LogP contribution < -0.4 is 0 Å². The van der Waals surface area contributed by atoms with Crippen molar-refractivity contribution in [1.29, 1.82) is 0 Å². The van der Waals surface area contributed by atoms with E-state index in [1.165, 1.54) is 0 Å². The van der Waals surface area contributed by atoms with Crippen molar-refractivity contribution in [3.8, 4) is 0 Å². The SMILES string of the molecule is CC(C)(C)[Si](C)(C)C1CCOC1(S)C=O. The third-order valence-electron chi connectivity index (χ3n) is 4.21. The van der Waals surface area contributed by atoms with E-state index in [9.17, 15) is 4.79 Å². The summed E-state index contributed by atoms with van der Waals surface area (Å²) in [6, 6.07) is 0. The average molecular weight is 246 g/mol. The predicted molar refractivity (Wildman–Crippen MR) is 69.3 cm³/mol. The molecule has 0 amide bonds. The fourth-order valence-electron chi connectivity index (χ4n) is 2.16. The van der Waals surface area contributed by atoms with Gasteiger partial charge in [0.1, 0.15) is 0 Å². The molecule has 2 unspecified atom stereocenters. The Morgan fingerprint density at radius 1 is 1.47 bits per heavy atom. The number of hydrogen-bond donors (Lipinski definition) is 1. The van der Waals surface area contributed by atoms with Gasteiger partial charge in [0.2, 0.25) is 0 Å². The summed E-state index contributed by atoms with van der Waals surface area (Å²) in [6.07, 6.45) is 1.85. The van der Waals surface area contributed by atoms with Crippen LogP contribution in [0.15, 0.2) is 0 Å². The standard InChI is InChI=1S/C11H22O2SSi/c1-10(2,3)15(4,5)9-6-7-13-11(9,14)8-12/h8-9,14H,6-7H2,1-5H3. The molecule has 0 spiro atoms. The molecular weight excluding hydrogens is 224 g/mol. The second-order valence-corrected chi connectivity index (χ2v) is 12.4. The quantitative estimate of drug-likeness (QED) is 0.460. The molecule has 2 atom stereocenters. The Bertz CT molecular complexity index is 260. The summed E-state index contributed by atoms with van der Waals surface area (Å²) in [4.78, 5) is 10.3. The summed E-state index contributed by atoms with van der Waals surface area (Å²) in [6.45, 7) is 12.1. The zero-order chi connectivity index (χ0) is 11.9. The number of thiol groups is 1. The molecule has 1 heterocycles.